The lowest BCUT2D eigenvalue weighted by atomic mass is 10.1. The van der Waals surface area contributed by atoms with Crippen LogP contribution in [0.15, 0.2) is 54.6 Å². The SMILES string of the molecule is COc1ccc(/C=C/C(=O)N[C@@H](C)C(=O)OCc2ccccc2C)cc1. The minimum absolute atomic E-state index is 0.188. The van der Waals surface area contributed by atoms with Crippen molar-refractivity contribution in [2.75, 3.05) is 7.11 Å². The lowest BCUT2D eigenvalue weighted by molar-refractivity contribution is -0.148. The van der Waals surface area contributed by atoms with Gasteiger partial charge in [-0.15, -0.1) is 0 Å². The van der Waals surface area contributed by atoms with Crippen LogP contribution < -0.4 is 10.1 Å². The van der Waals surface area contributed by atoms with Gasteiger partial charge in [-0.2, -0.15) is 0 Å². The Labute approximate surface area is 153 Å². The van der Waals surface area contributed by atoms with Crippen molar-refractivity contribution in [3.05, 3.63) is 71.3 Å². The van der Waals surface area contributed by atoms with Crippen molar-refractivity contribution in [1.82, 2.24) is 5.32 Å². The number of ether oxygens (including phenoxy) is 2. The van der Waals surface area contributed by atoms with E-state index >= 15 is 0 Å². The van der Waals surface area contributed by atoms with Crippen molar-refractivity contribution in [2.45, 2.75) is 26.5 Å². The molecule has 5 nitrogen and oxygen atoms in total. The molecule has 0 bridgehead atoms. The van der Waals surface area contributed by atoms with Crippen LogP contribution in [0.2, 0.25) is 0 Å². The van der Waals surface area contributed by atoms with E-state index in [9.17, 15) is 9.59 Å². The number of carbonyl (C=O) groups excluding carboxylic acids is 2. The molecule has 0 saturated carbocycles. The zero-order valence-corrected chi connectivity index (χ0v) is 15.2. The van der Waals surface area contributed by atoms with E-state index in [1.54, 1.807) is 20.1 Å². The van der Waals surface area contributed by atoms with Crippen molar-refractivity contribution >= 4 is 18.0 Å². The van der Waals surface area contributed by atoms with E-state index in [4.69, 9.17) is 9.47 Å². The lowest BCUT2D eigenvalue weighted by Gasteiger charge is -2.13. The third-order valence-electron chi connectivity index (χ3n) is 3.89. The molecular formula is C21H23NO4. The number of benzene rings is 2. The summed E-state index contributed by atoms with van der Waals surface area (Å²) in [6.07, 6.45) is 3.05. The van der Waals surface area contributed by atoms with E-state index in [1.165, 1.54) is 6.08 Å². The summed E-state index contributed by atoms with van der Waals surface area (Å²) in [6, 6.07) is 14.2. The number of hydrogen-bond acceptors (Lipinski definition) is 4. The zero-order chi connectivity index (χ0) is 18.9. The number of esters is 1. The second-order valence-corrected chi connectivity index (χ2v) is 5.87. The summed E-state index contributed by atoms with van der Waals surface area (Å²) in [5.41, 5.74) is 2.86. The molecule has 1 amide bonds. The van der Waals surface area contributed by atoms with Gasteiger partial charge in [0.2, 0.25) is 5.91 Å². The standard InChI is InChI=1S/C21H23NO4/c1-15-6-4-5-7-18(15)14-26-21(24)16(2)22-20(23)13-10-17-8-11-19(25-3)12-9-17/h4-13,16H,14H2,1-3H3,(H,22,23)/b13-10+/t16-/m0/s1. The van der Waals surface area contributed by atoms with Gasteiger partial charge in [-0.1, -0.05) is 36.4 Å². The van der Waals surface area contributed by atoms with E-state index in [-0.39, 0.29) is 12.5 Å². The monoisotopic (exact) mass is 353 g/mol. The molecule has 0 spiro atoms. The van der Waals surface area contributed by atoms with E-state index in [2.05, 4.69) is 5.32 Å². The first kappa shape index (κ1) is 19.2. The Morgan fingerprint density at radius 3 is 2.46 bits per heavy atom. The predicted molar refractivity (Wildman–Crippen MR) is 101 cm³/mol. The fourth-order valence-electron chi connectivity index (χ4n) is 2.25. The van der Waals surface area contributed by atoms with Gasteiger partial charge in [0.1, 0.15) is 18.4 Å². The molecule has 0 aliphatic rings. The molecule has 0 unspecified atom stereocenters. The quantitative estimate of drug-likeness (QED) is 0.613. The van der Waals surface area contributed by atoms with Crippen LogP contribution in [0.3, 0.4) is 0 Å². The Morgan fingerprint density at radius 1 is 1.12 bits per heavy atom. The van der Waals surface area contributed by atoms with Crippen LogP contribution in [0.1, 0.15) is 23.6 Å². The maximum absolute atomic E-state index is 12.0. The summed E-state index contributed by atoms with van der Waals surface area (Å²) in [7, 11) is 1.60. The summed E-state index contributed by atoms with van der Waals surface area (Å²) in [5, 5.41) is 2.60. The molecule has 2 aromatic carbocycles. The molecule has 1 atom stereocenters. The number of carbonyl (C=O) groups is 2. The first-order valence-corrected chi connectivity index (χ1v) is 8.33. The van der Waals surface area contributed by atoms with Crippen molar-refractivity contribution < 1.29 is 19.1 Å². The Hall–Kier alpha value is -3.08. The number of methoxy groups -OCH3 is 1. The number of hydrogen-bond donors (Lipinski definition) is 1. The van der Waals surface area contributed by atoms with Crippen molar-refractivity contribution in [3.8, 4) is 5.75 Å². The maximum Gasteiger partial charge on any atom is 0.328 e. The Morgan fingerprint density at radius 2 is 1.81 bits per heavy atom. The van der Waals surface area contributed by atoms with Crippen molar-refractivity contribution in [3.63, 3.8) is 0 Å². The molecule has 2 aromatic rings. The van der Waals surface area contributed by atoms with Gasteiger partial charge in [-0.25, -0.2) is 4.79 Å². The molecule has 0 fully saturated rings. The van der Waals surface area contributed by atoms with Crippen molar-refractivity contribution in [2.24, 2.45) is 0 Å². The smallest absolute Gasteiger partial charge is 0.328 e. The van der Waals surface area contributed by atoms with Gasteiger partial charge in [0.15, 0.2) is 0 Å². The van der Waals surface area contributed by atoms with E-state index in [1.807, 2.05) is 55.5 Å². The zero-order valence-electron chi connectivity index (χ0n) is 15.2. The minimum Gasteiger partial charge on any atom is -0.497 e. The predicted octanol–water partition coefficient (Wildman–Crippen LogP) is 3.26. The van der Waals surface area contributed by atoms with Crippen LogP contribution in [-0.4, -0.2) is 25.0 Å². The molecule has 136 valence electrons. The topological polar surface area (TPSA) is 64.6 Å². The van der Waals surface area contributed by atoms with Gasteiger partial charge in [-0.3, -0.25) is 4.79 Å². The Kier molecular flexibility index (Phi) is 6.97. The number of nitrogens with one attached hydrogen (secondary N) is 1. The van der Waals surface area contributed by atoms with Gasteiger partial charge in [0.25, 0.3) is 0 Å². The average molecular weight is 353 g/mol. The highest BCUT2D eigenvalue weighted by Gasteiger charge is 2.16. The number of aryl methyl sites for hydroxylation is 1. The Bertz CT molecular complexity index is 781. The molecule has 0 heterocycles. The molecule has 2 rings (SSSR count). The molecule has 0 aliphatic heterocycles. The van der Waals surface area contributed by atoms with Crippen LogP contribution in [0.5, 0.6) is 5.75 Å². The van der Waals surface area contributed by atoms with Crippen molar-refractivity contribution in [1.29, 1.82) is 0 Å². The molecule has 5 heteroatoms. The average Bonchev–Trinajstić information content (AvgIpc) is 2.65. The molecule has 0 aliphatic carbocycles. The normalized spacial score (nSPS) is 11.8. The van der Waals surface area contributed by atoms with Crippen LogP contribution in [0, 0.1) is 6.92 Å². The molecular weight excluding hydrogens is 330 g/mol. The van der Waals surface area contributed by atoms with E-state index < -0.39 is 12.0 Å². The summed E-state index contributed by atoms with van der Waals surface area (Å²) >= 11 is 0. The van der Waals surface area contributed by atoms with Crippen LogP contribution in [0.4, 0.5) is 0 Å². The fraction of sp³-hybridized carbons (Fsp3) is 0.238. The first-order valence-electron chi connectivity index (χ1n) is 8.33. The molecule has 0 saturated heterocycles. The Balaban J connectivity index is 1.82. The number of rotatable bonds is 7. The number of amides is 1. The third kappa shape index (κ3) is 5.77. The van der Waals surface area contributed by atoms with E-state index in [0.29, 0.717) is 0 Å². The lowest BCUT2D eigenvalue weighted by Crippen LogP contribution is -2.38. The highest BCUT2D eigenvalue weighted by molar-refractivity contribution is 5.94. The third-order valence-corrected chi connectivity index (χ3v) is 3.89. The van der Waals surface area contributed by atoms with Crippen LogP contribution in [0.25, 0.3) is 6.08 Å². The van der Waals surface area contributed by atoms with E-state index in [0.717, 1.165) is 22.4 Å². The van der Waals surface area contributed by atoms with Gasteiger partial charge >= 0.3 is 5.97 Å². The summed E-state index contributed by atoms with van der Waals surface area (Å²) in [5.74, 6) is -0.0859. The van der Waals surface area contributed by atoms with Gasteiger partial charge in [0, 0.05) is 6.08 Å². The van der Waals surface area contributed by atoms with Crippen LogP contribution in [-0.2, 0) is 20.9 Å². The van der Waals surface area contributed by atoms with Gasteiger partial charge in [-0.05, 0) is 48.7 Å². The van der Waals surface area contributed by atoms with Gasteiger partial charge < -0.3 is 14.8 Å². The first-order chi connectivity index (χ1) is 12.5. The minimum atomic E-state index is -0.730. The second-order valence-electron chi connectivity index (χ2n) is 5.87. The summed E-state index contributed by atoms with van der Waals surface area (Å²) < 4.78 is 10.3. The van der Waals surface area contributed by atoms with Crippen LogP contribution >= 0.6 is 0 Å². The highest BCUT2D eigenvalue weighted by Crippen LogP contribution is 2.12. The fourth-order valence-corrected chi connectivity index (χ4v) is 2.25. The second kappa shape index (κ2) is 9.42. The van der Waals surface area contributed by atoms with Gasteiger partial charge in [0.05, 0.1) is 7.11 Å². The highest BCUT2D eigenvalue weighted by atomic mass is 16.5. The maximum atomic E-state index is 12.0. The summed E-state index contributed by atoms with van der Waals surface area (Å²) in [6.45, 7) is 3.74. The largest absolute Gasteiger partial charge is 0.497 e. The molecule has 1 N–H and O–H groups in total. The molecule has 0 aromatic heterocycles. The molecule has 0 radical (unpaired) electrons. The molecule has 26 heavy (non-hydrogen) atoms. The summed E-state index contributed by atoms with van der Waals surface area (Å²) in [4.78, 5) is 24.0.